The normalized spacial score (nSPS) is 17.7. The molecule has 3 aromatic heterocycles. The summed E-state index contributed by atoms with van der Waals surface area (Å²) in [4.78, 5) is 28.4. The molecule has 5 heterocycles. The van der Waals surface area contributed by atoms with Gasteiger partial charge in [0.2, 0.25) is 5.88 Å². The number of hydrogen-bond donors (Lipinski definition) is 1. The smallest absolute Gasteiger partial charge is 0.346 e. The molecule has 0 radical (unpaired) electrons. The molecule has 39 heavy (non-hydrogen) atoms. The standard InChI is InChI=1S/C27H25ClFN5O4S/c28-18-2-1-17(20(29)9-18)15-38-25-12-30-11-21(31-25)16-3-6-33(7-4-16)14-24-32-26-22(10-23(39-26)27(35)36)34(24)13-19-5-8-37-19/h1-3,9-12,19H,4-8,13-15H2,(H,35,36). The van der Waals surface area contributed by atoms with E-state index in [0.29, 0.717) is 41.0 Å². The fourth-order valence-corrected chi connectivity index (χ4v) is 5.72. The number of aromatic carboxylic acids is 1. The van der Waals surface area contributed by atoms with Crippen molar-refractivity contribution in [3.63, 3.8) is 0 Å². The van der Waals surface area contributed by atoms with Crippen molar-refractivity contribution in [1.82, 2.24) is 24.4 Å². The van der Waals surface area contributed by atoms with Crippen LogP contribution in [0, 0.1) is 5.82 Å². The average molecular weight is 570 g/mol. The molecule has 202 valence electrons. The Kier molecular flexibility index (Phi) is 7.30. The molecule has 0 aliphatic carbocycles. The Balaban J connectivity index is 1.13. The van der Waals surface area contributed by atoms with Gasteiger partial charge in [-0.05, 0) is 36.6 Å². The number of thiophene rings is 1. The number of carbonyl (C=O) groups is 1. The number of aromatic nitrogens is 4. The predicted molar refractivity (Wildman–Crippen MR) is 145 cm³/mol. The topological polar surface area (TPSA) is 103 Å². The van der Waals surface area contributed by atoms with E-state index in [1.165, 1.54) is 23.6 Å². The van der Waals surface area contributed by atoms with Crippen molar-refractivity contribution in [1.29, 1.82) is 0 Å². The van der Waals surface area contributed by atoms with Gasteiger partial charge in [-0.15, -0.1) is 11.3 Å². The molecule has 0 saturated carbocycles. The molecule has 9 nitrogen and oxygen atoms in total. The molecule has 1 unspecified atom stereocenters. The van der Waals surface area contributed by atoms with Gasteiger partial charge in [0.1, 0.15) is 28.0 Å². The molecule has 1 saturated heterocycles. The lowest BCUT2D eigenvalue weighted by molar-refractivity contribution is -0.0591. The second kappa shape index (κ2) is 11.0. The molecule has 1 fully saturated rings. The summed E-state index contributed by atoms with van der Waals surface area (Å²) in [5.74, 6) is -0.129. The Labute approximate surface area is 232 Å². The number of rotatable bonds is 9. The summed E-state index contributed by atoms with van der Waals surface area (Å²) in [5.41, 5.74) is 3.04. The number of hydrogen-bond acceptors (Lipinski definition) is 8. The molecule has 1 atom stereocenters. The molecule has 1 aromatic carbocycles. The first kappa shape index (κ1) is 25.9. The van der Waals surface area contributed by atoms with Crippen molar-refractivity contribution in [2.45, 2.75) is 38.6 Å². The third-order valence-corrected chi connectivity index (χ3v) is 8.15. The first-order valence-corrected chi connectivity index (χ1v) is 13.8. The van der Waals surface area contributed by atoms with Gasteiger partial charge in [0.15, 0.2) is 0 Å². The highest BCUT2D eigenvalue weighted by molar-refractivity contribution is 7.20. The van der Waals surface area contributed by atoms with E-state index < -0.39 is 11.8 Å². The van der Waals surface area contributed by atoms with E-state index >= 15 is 0 Å². The van der Waals surface area contributed by atoms with Crippen LogP contribution in [0.3, 0.4) is 0 Å². The van der Waals surface area contributed by atoms with Gasteiger partial charge in [0.05, 0.1) is 42.8 Å². The summed E-state index contributed by atoms with van der Waals surface area (Å²) >= 11 is 7.02. The molecule has 4 aromatic rings. The fourth-order valence-electron chi connectivity index (χ4n) is 4.67. The Morgan fingerprint density at radius 3 is 2.87 bits per heavy atom. The number of nitrogens with zero attached hydrogens (tertiary/aromatic N) is 5. The van der Waals surface area contributed by atoms with Crippen molar-refractivity contribution in [3.8, 4) is 5.88 Å². The Hall–Kier alpha value is -3.38. The molecular formula is C27H25ClFN5O4S. The lowest BCUT2D eigenvalue weighted by Crippen LogP contribution is -2.33. The van der Waals surface area contributed by atoms with Gasteiger partial charge in [-0.2, -0.15) is 0 Å². The fraction of sp³-hybridized carbons (Fsp3) is 0.333. The molecule has 0 bridgehead atoms. The number of imidazole rings is 1. The van der Waals surface area contributed by atoms with Crippen LogP contribution in [-0.2, 0) is 24.4 Å². The molecule has 0 amide bonds. The van der Waals surface area contributed by atoms with E-state index in [-0.39, 0.29) is 12.7 Å². The molecule has 0 spiro atoms. The van der Waals surface area contributed by atoms with Gasteiger partial charge < -0.3 is 19.1 Å². The van der Waals surface area contributed by atoms with E-state index in [1.54, 1.807) is 24.4 Å². The highest BCUT2D eigenvalue weighted by atomic mass is 35.5. The maximum absolute atomic E-state index is 14.1. The largest absolute Gasteiger partial charge is 0.477 e. The maximum Gasteiger partial charge on any atom is 0.346 e. The molecule has 6 rings (SSSR count). The van der Waals surface area contributed by atoms with Crippen LogP contribution in [0.25, 0.3) is 15.9 Å². The van der Waals surface area contributed by atoms with Crippen LogP contribution >= 0.6 is 22.9 Å². The van der Waals surface area contributed by atoms with Crippen molar-refractivity contribution < 1.29 is 23.8 Å². The summed E-state index contributed by atoms with van der Waals surface area (Å²) in [6, 6.07) is 6.17. The van der Waals surface area contributed by atoms with E-state index in [2.05, 4.69) is 25.5 Å². The van der Waals surface area contributed by atoms with Gasteiger partial charge >= 0.3 is 5.97 Å². The SMILES string of the molecule is O=C(O)c1cc2c(nc(CN3CC=C(c4cncc(OCc5ccc(Cl)cc5F)n4)CC3)n2CC2CCO2)s1. The van der Waals surface area contributed by atoms with Crippen LogP contribution in [0.2, 0.25) is 5.02 Å². The molecule has 1 N–H and O–H groups in total. The zero-order valence-corrected chi connectivity index (χ0v) is 22.4. The Morgan fingerprint density at radius 1 is 1.28 bits per heavy atom. The van der Waals surface area contributed by atoms with Crippen molar-refractivity contribution in [3.05, 3.63) is 75.5 Å². The van der Waals surface area contributed by atoms with Crippen molar-refractivity contribution >= 4 is 44.8 Å². The lowest BCUT2D eigenvalue weighted by atomic mass is 10.1. The van der Waals surface area contributed by atoms with E-state index in [4.69, 9.17) is 26.1 Å². The summed E-state index contributed by atoms with van der Waals surface area (Å²) in [6.07, 6.45) is 7.24. The number of ether oxygens (including phenoxy) is 2. The van der Waals surface area contributed by atoms with Crippen molar-refractivity contribution in [2.24, 2.45) is 0 Å². The monoisotopic (exact) mass is 569 g/mol. The first-order valence-electron chi connectivity index (χ1n) is 12.6. The van der Waals surface area contributed by atoms with Crippen LogP contribution in [0.1, 0.15) is 39.6 Å². The molecule has 2 aliphatic rings. The first-order chi connectivity index (χ1) is 18.9. The van der Waals surface area contributed by atoms with Crippen LogP contribution in [0.4, 0.5) is 4.39 Å². The minimum Gasteiger partial charge on any atom is -0.477 e. The molecule has 2 aliphatic heterocycles. The number of benzene rings is 1. The number of halogens is 2. The van der Waals surface area contributed by atoms with Crippen molar-refractivity contribution in [2.75, 3.05) is 19.7 Å². The Morgan fingerprint density at radius 2 is 2.15 bits per heavy atom. The van der Waals surface area contributed by atoms with E-state index in [9.17, 15) is 14.3 Å². The van der Waals surface area contributed by atoms with Crippen LogP contribution in [0.5, 0.6) is 5.88 Å². The number of carboxylic acid groups (broad SMARTS) is 1. The second-order valence-electron chi connectivity index (χ2n) is 9.51. The van der Waals surface area contributed by atoms with Gasteiger partial charge in [0, 0.05) is 30.3 Å². The number of carboxylic acids is 1. The lowest BCUT2D eigenvalue weighted by Gasteiger charge is -2.29. The van der Waals surface area contributed by atoms with E-state index in [1.807, 2.05) is 0 Å². The summed E-state index contributed by atoms with van der Waals surface area (Å²) in [5, 5.41) is 9.73. The van der Waals surface area contributed by atoms with Crippen LogP contribution < -0.4 is 4.74 Å². The zero-order chi connectivity index (χ0) is 26.9. The third-order valence-electron chi connectivity index (χ3n) is 6.91. The summed E-state index contributed by atoms with van der Waals surface area (Å²) < 4.78 is 27.5. The number of fused-ring (bicyclic) bond motifs is 1. The van der Waals surface area contributed by atoms with Gasteiger partial charge in [-0.1, -0.05) is 23.7 Å². The predicted octanol–water partition coefficient (Wildman–Crippen LogP) is 5.04. The third kappa shape index (κ3) is 5.67. The summed E-state index contributed by atoms with van der Waals surface area (Å²) in [6.45, 7) is 3.60. The molecule has 12 heteroatoms. The minimum atomic E-state index is -0.936. The average Bonchev–Trinajstić information content (AvgIpc) is 3.45. The highest BCUT2D eigenvalue weighted by Gasteiger charge is 2.25. The van der Waals surface area contributed by atoms with Gasteiger partial charge in [0.25, 0.3) is 0 Å². The second-order valence-corrected chi connectivity index (χ2v) is 11.0. The van der Waals surface area contributed by atoms with Crippen LogP contribution in [0.15, 0.2) is 42.7 Å². The summed E-state index contributed by atoms with van der Waals surface area (Å²) in [7, 11) is 0. The van der Waals surface area contributed by atoms with E-state index in [0.717, 1.165) is 53.4 Å². The zero-order valence-electron chi connectivity index (χ0n) is 20.8. The van der Waals surface area contributed by atoms with Gasteiger partial charge in [-0.25, -0.2) is 19.2 Å². The highest BCUT2D eigenvalue weighted by Crippen LogP contribution is 2.30. The van der Waals surface area contributed by atoms with Gasteiger partial charge in [-0.3, -0.25) is 9.88 Å². The maximum atomic E-state index is 14.1. The quantitative estimate of drug-likeness (QED) is 0.299. The van der Waals surface area contributed by atoms with Crippen LogP contribution in [-0.4, -0.2) is 61.3 Å². The Bertz CT molecular complexity index is 1570. The minimum absolute atomic E-state index is 0.0257. The molecular weight excluding hydrogens is 545 g/mol.